The van der Waals surface area contributed by atoms with E-state index in [1.54, 1.807) is 0 Å². The summed E-state index contributed by atoms with van der Waals surface area (Å²) in [7, 11) is -1.33. The molecule has 1 aliphatic rings. The summed E-state index contributed by atoms with van der Waals surface area (Å²) in [6.07, 6.45) is 9.74. The molecule has 3 nitrogen and oxygen atoms in total. The van der Waals surface area contributed by atoms with Crippen LogP contribution in [0.2, 0.25) is 25.7 Å². The maximum absolute atomic E-state index is 12.1. The molecule has 0 aromatic heterocycles. The van der Waals surface area contributed by atoms with Gasteiger partial charge >= 0.3 is 5.97 Å². The Morgan fingerprint density at radius 1 is 1.27 bits per heavy atom. The average Bonchev–Trinajstić information content (AvgIpc) is 2.88. The number of ether oxygens (including phenoxy) is 1. The highest BCUT2D eigenvalue weighted by Gasteiger charge is 2.26. The number of rotatable bonds is 9. The fourth-order valence-electron chi connectivity index (χ4n) is 3.28. The van der Waals surface area contributed by atoms with Crippen molar-refractivity contribution in [3.8, 4) is 0 Å². The van der Waals surface area contributed by atoms with Crippen molar-refractivity contribution in [1.82, 2.24) is 0 Å². The van der Waals surface area contributed by atoms with Crippen LogP contribution in [-0.2, 0) is 14.3 Å². The largest absolute Gasteiger partial charge is 0.463 e. The first kappa shape index (κ1) is 19.1. The lowest BCUT2D eigenvalue weighted by molar-refractivity contribution is -0.138. The minimum absolute atomic E-state index is 0.142. The molecule has 2 atom stereocenters. The lowest BCUT2D eigenvalue weighted by atomic mass is 9.92. The van der Waals surface area contributed by atoms with E-state index in [0.717, 1.165) is 43.6 Å². The van der Waals surface area contributed by atoms with E-state index in [4.69, 9.17) is 4.74 Å². The quantitative estimate of drug-likeness (QED) is 0.205. The molecule has 22 heavy (non-hydrogen) atoms. The molecule has 1 fully saturated rings. The molecule has 0 saturated heterocycles. The van der Waals surface area contributed by atoms with Gasteiger partial charge in [-0.05, 0) is 51.0 Å². The van der Waals surface area contributed by atoms with E-state index < -0.39 is 8.07 Å². The van der Waals surface area contributed by atoms with E-state index in [2.05, 4.69) is 25.7 Å². The maximum Gasteiger partial charge on any atom is 0.333 e. The summed E-state index contributed by atoms with van der Waals surface area (Å²) >= 11 is 0. The second-order valence-corrected chi connectivity index (χ2v) is 13.1. The molecule has 0 aromatic carbocycles. The second kappa shape index (κ2) is 9.28. The first-order valence-electron chi connectivity index (χ1n) is 8.69. The monoisotopic (exact) mass is 324 g/mol. The van der Waals surface area contributed by atoms with Crippen LogP contribution in [0.5, 0.6) is 0 Å². The van der Waals surface area contributed by atoms with Crippen molar-refractivity contribution in [2.45, 2.75) is 71.1 Å². The molecule has 0 N–H and O–H groups in total. The van der Waals surface area contributed by atoms with Crippen LogP contribution in [0, 0.1) is 11.8 Å². The molecule has 0 radical (unpaired) electrons. The first-order chi connectivity index (χ1) is 10.4. The van der Waals surface area contributed by atoms with Crippen molar-refractivity contribution in [2.24, 2.45) is 11.8 Å². The molecule has 0 heterocycles. The third-order valence-electron chi connectivity index (χ3n) is 4.32. The van der Waals surface area contributed by atoms with E-state index in [1.165, 1.54) is 12.8 Å². The number of allylic oxidation sites excluding steroid dienone is 1. The minimum Gasteiger partial charge on any atom is -0.463 e. The minimum atomic E-state index is -1.33. The van der Waals surface area contributed by atoms with Gasteiger partial charge in [-0.2, -0.15) is 0 Å². The summed E-state index contributed by atoms with van der Waals surface area (Å²) in [6.45, 7) is 9.10. The third kappa shape index (κ3) is 6.90. The summed E-state index contributed by atoms with van der Waals surface area (Å²) in [4.78, 5) is 23.1. The van der Waals surface area contributed by atoms with Gasteiger partial charge in [0.05, 0.1) is 6.61 Å². The number of esters is 1. The van der Waals surface area contributed by atoms with Gasteiger partial charge in [0.15, 0.2) is 0 Å². The Hall–Kier alpha value is -0.903. The van der Waals surface area contributed by atoms with Crippen molar-refractivity contribution in [3.63, 3.8) is 0 Å². The molecule has 1 aliphatic carbocycles. The maximum atomic E-state index is 12.1. The summed E-state index contributed by atoms with van der Waals surface area (Å²) in [5, 5.41) is 0. The van der Waals surface area contributed by atoms with Crippen LogP contribution in [0.15, 0.2) is 11.6 Å². The van der Waals surface area contributed by atoms with Crippen molar-refractivity contribution in [3.05, 3.63) is 11.6 Å². The Kier molecular flexibility index (Phi) is 8.08. The van der Waals surface area contributed by atoms with Crippen LogP contribution in [0.3, 0.4) is 0 Å². The van der Waals surface area contributed by atoms with Gasteiger partial charge in [0.2, 0.25) is 0 Å². The third-order valence-corrected chi connectivity index (χ3v) is 5.76. The highest BCUT2D eigenvalue weighted by Crippen LogP contribution is 2.34. The molecule has 0 amide bonds. The van der Waals surface area contributed by atoms with Crippen LogP contribution >= 0.6 is 0 Å². The van der Waals surface area contributed by atoms with Crippen LogP contribution in [0.4, 0.5) is 0 Å². The molecular formula is C18H32O3Si. The summed E-state index contributed by atoms with van der Waals surface area (Å²) < 4.78 is 5.18. The van der Waals surface area contributed by atoms with Gasteiger partial charge < -0.3 is 9.53 Å². The van der Waals surface area contributed by atoms with Crippen molar-refractivity contribution in [2.75, 3.05) is 6.61 Å². The fourth-order valence-corrected chi connectivity index (χ4v) is 4.71. The predicted octanol–water partition coefficient (Wildman–Crippen LogP) is 4.60. The highest BCUT2D eigenvalue weighted by molar-refractivity contribution is 6.77. The van der Waals surface area contributed by atoms with Gasteiger partial charge in [-0.1, -0.05) is 32.1 Å². The smallest absolute Gasteiger partial charge is 0.333 e. The van der Waals surface area contributed by atoms with Crippen molar-refractivity contribution in [1.29, 1.82) is 0 Å². The molecule has 0 aromatic rings. The lowest BCUT2D eigenvalue weighted by Crippen LogP contribution is -2.23. The SMILES string of the molecule is CCOC(=O)/C(=C\CCC[C@@H]1CCC[C@H]1C=O)C[Si](C)(C)C. The molecule has 126 valence electrons. The highest BCUT2D eigenvalue weighted by atomic mass is 28.3. The van der Waals surface area contributed by atoms with Gasteiger partial charge in [0.25, 0.3) is 0 Å². The standard InChI is InChI=1S/C18H32O3Si/c1-5-21-18(20)17(14-22(2,3)4)10-7-6-9-15-11-8-12-16(15)13-19/h10,13,15-16H,5-9,11-12,14H2,1-4H3/b17-10-/t15-,16+/m1/s1. The van der Waals surface area contributed by atoms with Gasteiger partial charge in [-0.25, -0.2) is 4.79 Å². The topological polar surface area (TPSA) is 43.4 Å². The van der Waals surface area contributed by atoms with Gasteiger partial charge in [-0.3, -0.25) is 0 Å². The number of hydrogen-bond acceptors (Lipinski definition) is 3. The zero-order chi connectivity index (χ0) is 16.6. The summed E-state index contributed by atoms with van der Waals surface area (Å²) in [5.74, 6) is 0.695. The van der Waals surface area contributed by atoms with E-state index in [0.29, 0.717) is 12.5 Å². The average molecular weight is 325 g/mol. The van der Waals surface area contributed by atoms with Crippen LogP contribution in [0.25, 0.3) is 0 Å². The second-order valence-electron chi connectivity index (χ2n) is 7.61. The molecule has 0 aliphatic heterocycles. The Morgan fingerprint density at radius 2 is 2.00 bits per heavy atom. The number of aldehydes is 1. The number of unbranched alkanes of at least 4 members (excludes halogenated alkanes) is 1. The Morgan fingerprint density at radius 3 is 2.59 bits per heavy atom. The van der Waals surface area contributed by atoms with Crippen molar-refractivity contribution >= 4 is 20.3 Å². The Balaban J connectivity index is 2.50. The molecule has 1 rings (SSSR count). The van der Waals surface area contributed by atoms with E-state index in [-0.39, 0.29) is 11.9 Å². The molecule has 0 unspecified atom stereocenters. The molecular weight excluding hydrogens is 292 g/mol. The summed E-state index contributed by atoms with van der Waals surface area (Å²) in [6, 6.07) is 0.881. The first-order valence-corrected chi connectivity index (χ1v) is 12.4. The zero-order valence-corrected chi connectivity index (χ0v) is 15.7. The van der Waals surface area contributed by atoms with Gasteiger partial charge in [-0.15, -0.1) is 0 Å². The number of carbonyl (C=O) groups is 2. The van der Waals surface area contributed by atoms with Crippen molar-refractivity contribution < 1.29 is 14.3 Å². The Labute approximate surface area is 136 Å². The van der Waals surface area contributed by atoms with Crippen LogP contribution in [-0.4, -0.2) is 26.9 Å². The molecule has 4 heteroatoms. The van der Waals surface area contributed by atoms with E-state index >= 15 is 0 Å². The zero-order valence-electron chi connectivity index (χ0n) is 14.7. The van der Waals surface area contributed by atoms with Gasteiger partial charge in [0, 0.05) is 19.6 Å². The normalized spacial score (nSPS) is 22.6. The molecule has 0 bridgehead atoms. The number of hydrogen-bond donors (Lipinski definition) is 0. The fraction of sp³-hybridized carbons (Fsp3) is 0.778. The molecule has 1 saturated carbocycles. The lowest BCUT2D eigenvalue weighted by Gasteiger charge is -2.18. The van der Waals surface area contributed by atoms with Gasteiger partial charge in [0.1, 0.15) is 6.29 Å². The Bertz CT molecular complexity index is 396. The van der Waals surface area contributed by atoms with E-state index in [9.17, 15) is 9.59 Å². The number of carbonyl (C=O) groups excluding carboxylic acids is 2. The predicted molar refractivity (Wildman–Crippen MR) is 93.6 cm³/mol. The van der Waals surface area contributed by atoms with Crippen LogP contribution in [0.1, 0.15) is 45.4 Å². The molecule has 0 spiro atoms. The van der Waals surface area contributed by atoms with Crippen LogP contribution < -0.4 is 0 Å². The van der Waals surface area contributed by atoms with E-state index in [1.807, 2.05) is 6.92 Å². The summed E-state index contributed by atoms with van der Waals surface area (Å²) in [5.41, 5.74) is 0.861.